The summed E-state index contributed by atoms with van der Waals surface area (Å²) in [6.07, 6.45) is 4.17. The molecule has 0 N–H and O–H groups in total. The van der Waals surface area contributed by atoms with E-state index in [1.807, 2.05) is 22.8 Å². The molecule has 0 aliphatic carbocycles. The quantitative estimate of drug-likeness (QED) is 0.570. The molecular formula is C19H26N4OS. The molecular weight excluding hydrogens is 332 g/mol. The zero-order valence-electron chi connectivity index (χ0n) is 15.2. The molecule has 0 amide bonds. The lowest BCUT2D eigenvalue weighted by Gasteiger charge is -2.19. The Kier molecular flexibility index (Phi) is 6.04. The molecule has 3 rings (SSSR count). The lowest BCUT2D eigenvalue weighted by Crippen LogP contribution is -2.25. The molecule has 0 aromatic carbocycles. The molecule has 1 atom stereocenters. The van der Waals surface area contributed by atoms with Crippen molar-refractivity contribution in [2.75, 3.05) is 19.6 Å². The van der Waals surface area contributed by atoms with E-state index in [2.05, 4.69) is 52.6 Å². The maximum atomic E-state index is 6.04. The first-order valence-electron chi connectivity index (χ1n) is 8.97. The Morgan fingerprint density at radius 3 is 2.80 bits per heavy atom. The van der Waals surface area contributed by atoms with Crippen molar-refractivity contribution in [2.24, 2.45) is 0 Å². The predicted molar refractivity (Wildman–Crippen MR) is 103 cm³/mol. The largest absolute Gasteiger partial charge is 0.474 e. The first-order valence-corrected chi connectivity index (χ1v) is 9.92. The average molecular weight is 359 g/mol. The van der Waals surface area contributed by atoms with Crippen LogP contribution in [0.15, 0.2) is 35.2 Å². The number of aromatic nitrogens is 3. The van der Waals surface area contributed by atoms with Crippen molar-refractivity contribution >= 4 is 17.0 Å². The zero-order chi connectivity index (χ0) is 17.6. The van der Waals surface area contributed by atoms with Crippen molar-refractivity contribution in [3.8, 4) is 17.1 Å². The second kappa shape index (κ2) is 8.45. The smallest absolute Gasteiger partial charge is 0.232 e. The highest BCUT2D eigenvalue weighted by atomic mass is 32.1. The third-order valence-electron chi connectivity index (χ3n) is 4.46. The molecule has 0 aliphatic rings. The van der Waals surface area contributed by atoms with Gasteiger partial charge in [-0.1, -0.05) is 13.8 Å². The number of nitrogens with zero attached hydrogens (tertiary/aromatic N) is 4. The van der Waals surface area contributed by atoms with Crippen LogP contribution >= 0.6 is 11.3 Å². The molecule has 25 heavy (non-hydrogen) atoms. The maximum absolute atomic E-state index is 6.04. The van der Waals surface area contributed by atoms with Gasteiger partial charge in [0.25, 0.3) is 0 Å². The van der Waals surface area contributed by atoms with Gasteiger partial charge in [0, 0.05) is 17.0 Å². The summed E-state index contributed by atoms with van der Waals surface area (Å²) in [6.45, 7) is 9.86. The highest BCUT2D eigenvalue weighted by molar-refractivity contribution is 7.08. The van der Waals surface area contributed by atoms with Crippen LogP contribution in [0.4, 0.5) is 0 Å². The molecule has 0 saturated heterocycles. The van der Waals surface area contributed by atoms with E-state index in [4.69, 9.17) is 4.74 Å². The summed E-state index contributed by atoms with van der Waals surface area (Å²) in [6, 6.07) is 5.95. The minimum absolute atomic E-state index is 0.147. The number of hydrogen-bond acceptors (Lipinski definition) is 5. The van der Waals surface area contributed by atoms with Gasteiger partial charge in [-0.15, -0.1) is 5.10 Å². The van der Waals surface area contributed by atoms with E-state index in [0.29, 0.717) is 5.88 Å². The van der Waals surface area contributed by atoms with Gasteiger partial charge >= 0.3 is 0 Å². The van der Waals surface area contributed by atoms with Crippen molar-refractivity contribution in [3.63, 3.8) is 0 Å². The van der Waals surface area contributed by atoms with E-state index in [9.17, 15) is 0 Å². The van der Waals surface area contributed by atoms with Gasteiger partial charge in [-0.3, -0.25) is 0 Å². The van der Waals surface area contributed by atoms with E-state index in [0.717, 1.165) is 49.4 Å². The predicted octanol–water partition coefficient (Wildman–Crippen LogP) is 4.35. The van der Waals surface area contributed by atoms with Crippen LogP contribution in [-0.4, -0.2) is 45.2 Å². The second-order valence-electron chi connectivity index (χ2n) is 6.19. The number of fused-ring (bicyclic) bond motifs is 1. The number of thiophene rings is 1. The Bertz CT molecular complexity index is 780. The number of hydrogen-bond donors (Lipinski definition) is 0. The van der Waals surface area contributed by atoms with Crippen LogP contribution in [0.5, 0.6) is 5.88 Å². The fourth-order valence-corrected chi connectivity index (χ4v) is 3.58. The molecule has 1 unspecified atom stereocenters. The number of imidazole rings is 1. The first kappa shape index (κ1) is 17.9. The van der Waals surface area contributed by atoms with Gasteiger partial charge < -0.3 is 9.64 Å². The fraction of sp³-hybridized carbons (Fsp3) is 0.474. The minimum Gasteiger partial charge on any atom is -0.474 e. The van der Waals surface area contributed by atoms with Crippen molar-refractivity contribution in [1.29, 1.82) is 0 Å². The van der Waals surface area contributed by atoms with Crippen LogP contribution in [0.2, 0.25) is 0 Å². The summed E-state index contributed by atoms with van der Waals surface area (Å²) >= 11 is 1.67. The highest BCUT2D eigenvalue weighted by Crippen LogP contribution is 2.23. The molecule has 0 bridgehead atoms. The van der Waals surface area contributed by atoms with Gasteiger partial charge in [0.05, 0.1) is 18.0 Å². The standard InChI is InChI=1S/C19H26N4OS/c1-4-22(5-2)11-6-7-15(3)24-19-9-8-18-20-13-17(23(18)21-19)16-10-12-25-14-16/h8-10,12-15H,4-7,11H2,1-3H3. The van der Waals surface area contributed by atoms with E-state index in [1.54, 1.807) is 11.3 Å². The normalized spacial score (nSPS) is 12.8. The van der Waals surface area contributed by atoms with Crippen LogP contribution < -0.4 is 4.74 Å². The topological polar surface area (TPSA) is 42.7 Å². The number of rotatable bonds is 9. The Morgan fingerprint density at radius 1 is 1.24 bits per heavy atom. The molecule has 3 aromatic heterocycles. The van der Waals surface area contributed by atoms with E-state index in [1.165, 1.54) is 0 Å². The molecule has 5 nitrogen and oxygen atoms in total. The maximum Gasteiger partial charge on any atom is 0.232 e. The van der Waals surface area contributed by atoms with Crippen LogP contribution in [0.25, 0.3) is 16.9 Å². The summed E-state index contributed by atoms with van der Waals surface area (Å²) in [7, 11) is 0. The molecule has 134 valence electrons. The molecule has 0 radical (unpaired) electrons. The van der Waals surface area contributed by atoms with E-state index in [-0.39, 0.29) is 6.10 Å². The summed E-state index contributed by atoms with van der Waals surface area (Å²) in [5, 5.41) is 8.80. The molecule has 0 aliphatic heterocycles. The van der Waals surface area contributed by atoms with Gasteiger partial charge in [-0.2, -0.15) is 11.3 Å². The summed E-state index contributed by atoms with van der Waals surface area (Å²) in [5.74, 6) is 0.650. The van der Waals surface area contributed by atoms with Gasteiger partial charge in [0.1, 0.15) is 0 Å². The summed E-state index contributed by atoms with van der Waals surface area (Å²) in [4.78, 5) is 6.87. The Labute approximate surface area is 153 Å². The second-order valence-corrected chi connectivity index (χ2v) is 6.97. The highest BCUT2D eigenvalue weighted by Gasteiger charge is 2.11. The Balaban J connectivity index is 1.64. The minimum atomic E-state index is 0.147. The van der Waals surface area contributed by atoms with Gasteiger partial charge in [0.2, 0.25) is 5.88 Å². The fourth-order valence-electron chi connectivity index (χ4n) is 2.93. The molecule has 3 heterocycles. The third kappa shape index (κ3) is 4.38. The SMILES string of the molecule is CCN(CC)CCCC(C)Oc1ccc2ncc(-c3ccsc3)n2n1. The van der Waals surface area contributed by atoms with E-state index < -0.39 is 0 Å². The molecule has 6 heteroatoms. The zero-order valence-corrected chi connectivity index (χ0v) is 16.0. The van der Waals surface area contributed by atoms with Crippen molar-refractivity contribution < 1.29 is 4.74 Å². The van der Waals surface area contributed by atoms with Crippen LogP contribution in [0, 0.1) is 0 Å². The Hall–Kier alpha value is -1.92. The lowest BCUT2D eigenvalue weighted by molar-refractivity contribution is 0.186. The van der Waals surface area contributed by atoms with Crippen molar-refractivity contribution in [2.45, 2.75) is 39.7 Å². The van der Waals surface area contributed by atoms with Gasteiger partial charge in [0.15, 0.2) is 5.65 Å². The summed E-state index contributed by atoms with van der Waals surface area (Å²) < 4.78 is 7.90. The molecule has 3 aromatic rings. The van der Waals surface area contributed by atoms with Gasteiger partial charge in [-0.05, 0) is 56.9 Å². The van der Waals surface area contributed by atoms with Crippen LogP contribution in [0.3, 0.4) is 0 Å². The third-order valence-corrected chi connectivity index (χ3v) is 5.14. The molecule has 0 spiro atoms. The van der Waals surface area contributed by atoms with Crippen LogP contribution in [0.1, 0.15) is 33.6 Å². The average Bonchev–Trinajstić information content (AvgIpc) is 3.27. The summed E-state index contributed by atoms with van der Waals surface area (Å²) in [5.41, 5.74) is 2.97. The monoisotopic (exact) mass is 358 g/mol. The van der Waals surface area contributed by atoms with Crippen molar-refractivity contribution in [1.82, 2.24) is 19.5 Å². The molecule has 0 saturated carbocycles. The Morgan fingerprint density at radius 2 is 2.08 bits per heavy atom. The number of ether oxygens (including phenoxy) is 1. The molecule has 0 fully saturated rings. The van der Waals surface area contributed by atoms with Crippen molar-refractivity contribution in [3.05, 3.63) is 35.2 Å². The first-order chi connectivity index (χ1) is 12.2. The van der Waals surface area contributed by atoms with E-state index >= 15 is 0 Å². The van der Waals surface area contributed by atoms with Gasteiger partial charge in [-0.25, -0.2) is 9.50 Å². The lowest BCUT2D eigenvalue weighted by atomic mass is 10.2. The van der Waals surface area contributed by atoms with Crippen LogP contribution in [-0.2, 0) is 0 Å².